The van der Waals surface area contributed by atoms with E-state index in [1.54, 1.807) is 4.90 Å². The van der Waals surface area contributed by atoms with Crippen molar-refractivity contribution in [3.05, 3.63) is 23.0 Å². The number of rotatable bonds is 4. The molecule has 0 aliphatic rings. The molecular formula is C11H20ClN3O. The first-order chi connectivity index (χ1) is 7.06. The number of nitrogens with zero attached hydrogens (tertiary/aromatic N) is 1. The van der Waals surface area contributed by atoms with Crippen molar-refractivity contribution in [1.82, 2.24) is 15.2 Å². The van der Waals surface area contributed by atoms with Gasteiger partial charge < -0.3 is 15.2 Å². The zero-order valence-electron chi connectivity index (χ0n) is 10.3. The Morgan fingerprint density at radius 2 is 2.12 bits per heavy atom. The molecule has 1 aromatic rings. The number of hydrogen-bond acceptors (Lipinski definition) is 2. The molecule has 0 saturated carbocycles. The van der Waals surface area contributed by atoms with Crippen LogP contribution in [-0.4, -0.2) is 43.0 Å². The van der Waals surface area contributed by atoms with Crippen LogP contribution in [0.5, 0.6) is 0 Å². The summed E-state index contributed by atoms with van der Waals surface area (Å²) in [6.45, 7) is 5.42. The molecule has 0 aliphatic carbocycles. The van der Waals surface area contributed by atoms with E-state index in [-0.39, 0.29) is 18.3 Å². The number of aryl methyl sites for hydroxylation is 2. The van der Waals surface area contributed by atoms with Crippen LogP contribution in [0.2, 0.25) is 0 Å². The second-order valence-electron chi connectivity index (χ2n) is 3.84. The molecule has 5 heteroatoms. The van der Waals surface area contributed by atoms with Crippen LogP contribution in [0.25, 0.3) is 0 Å². The van der Waals surface area contributed by atoms with Gasteiger partial charge in [-0.25, -0.2) is 0 Å². The molecule has 0 bridgehead atoms. The van der Waals surface area contributed by atoms with Crippen LogP contribution in [0.4, 0.5) is 0 Å². The normalized spacial score (nSPS) is 9.75. The molecule has 0 aliphatic heterocycles. The number of carbonyl (C=O) groups is 1. The SMILES string of the molecule is CNCCN(C)C(=O)c1[nH]c(C)cc1C.Cl. The minimum Gasteiger partial charge on any atom is -0.354 e. The molecule has 92 valence electrons. The molecule has 2 N–H and O–H groups in total. The van der Waals surface area contributed by atoms with E-state index in [1.807, 2.05) is 34.0 Å². The first-order valence-corrected chi connectivity index (χ1v) is 5.12. The van der Waals surface area contributed by atoms with Gasteiger partial charge in [0.15, 0.2) is 0 Å². The van der Waals surface area contributed by atoms with Crippen LogP contribution in [0, 0.1) is 13.8 Å². The predicted octanol–water partition coefficient (Wildman–Crippen LogP) is 1.34. The van der Waals surface area contributed by atoms with Crippen molar-refractivity contribution in [1.29, 1.82) is 0 Å². The van der Waals surface area contributed by atoms with Crippen LogP contribution >= 0.6 is 12.4 Å². The van der Waals surface area contributed by atoms with E-state index < -0.39 is 0 Å². The monoisotopic (exact) mass is 245 g/mol. The van der Waals surface area contributed by atoms with E-state index in [0.717, 1.165) is 17.8 Å². The van der Waals surface area contributed by atoms with Crippen molar-refractivity contribution < 1.29 is 4.79 Å². The Labute approximate surface area is 103 Å². The molecule has 0 saturated heterocycles. The summed E-state index contributed by atoms with van der Waals surface area (Å²) < 4.78 is 0. The molecule has 0 radical (unpaired) electrons. The van der Waals surface area contributed by atoms with Crippen molar-refractivity contribution in [2.45, 2.75) is 13.8 Å². The molecule has 0 fully saturated rings. The summed E-state index contributed by atoms with van der Waals surface area (Å²) in [4.78, 5) is 16.8. The Morgan fingerprint density at radius 3 is 2.56 bits per heavy atom. The Hall–Kier alpha value is -1.00. The zero-order valence-corrected chi connectivity index (χ0v) is 11.1. The summed E-state index contributed by atoms with van der Waals surface area (Å²) >= 11 is 0. The van der Waals surface area contributed by atoms with Crippen LogP contribution in [0.3, 0.4) is 0 Å². The predicted molar refractivity (Wildman–Crippen MR) is 68.4 cm³/mol. The van der Waals surface area contributed by atoms with Gasteiger partial charge in [-0.05, 0) is 32.5 Å². The zero-order chi connectivity index (χ0) is 11.4. The van der Waals surface area contributed by atoms with Crippen LogP contribution < -0.4 is 5.32 Å². The fourth-order valence-electron chi connectivity index (χ4n) is 1.52. The fourth-order valence-corrected chi connectivity index (χ4v) is 1.52. The van der Waals surface area contributed by atoms with Gasteiger partial charge in [0.05, 0.1) is 0 Å². The third-order valence-corrected chi connectivity index (χ3v) is 2.41. The van der Waals surface area contributed by atoms with Gasteiger partial charge in [-0.2, -0.15) is 0 Å². The summed E-state index contributed by atoms with van der Waals surface area (Å²) in [7, 11) is 3.69. The Bertz CT molecular complexity index is 349. The summed E-state index contributed by atoms with van der Waals surface area (Å²) in [5, 5.41) is 3.02. The lowest BCUT2D eigenvalue weighted by Gasteiger charge is -2.16. The molecule has 1 aromatic heterocycles. The number of halogens is 1. The lowest BCUT2D eigenvalue weighted by atomic mass is 10.2. The number of H-pyrrole nitrogens is 1. The molecule has 0 unspecified atom stereocenters. The van der Waals surface area contributed by atoms with Crippen LogP contribution in [-0.2, 0) is 0 Å². The maximum atomic E-state index is 12.0. The van der Waals surface area contributed by atoms with Gasteiger partial charge >= 0.3 is 0 Å². The van der Waals surface area contributed by atoms with Gasteiger partial charge in [0.25, 0.3) is 5.91 Å². The second kappa shape index (κ2) is 6.55. The average Bonchev–Trinajstić information content (AvgIpc) is 2.53. The summed E-state index contributed by atoms with van der Waals surface area (Å²) in [6, 6.07) is 1.99. The van der Waals surface area contributed by atoms with Gasteiger partial charge in [0.2, 0.25) is 0 Å². The van der Waals surface area contributed by atoms with Crippen LogP contribution in [0.1, 0.15) is 21.7 Å². The smallest absolute Gasteiger partial charge is 0.270 e. The number of nitrogens with one attached hydrogen (secondary N) is 2. The number of aromatic amines is 1. The quantitative estimate of drug-likeness (QED) is 0.841. The highest BCUT2D eigenvalue weighted by Crippen LogP contribution is 2.10. The number of aromatic nitrogens is 1. The summed E-state index contributed by atoms with van der Waals surface area (Å²) in [5.74, 6) is 0.0517. The largest absolute Gasteiger partial charge is 0.354 e. The molecule has 1 rings (SSSR count). The van der Waals surface area contributed by atoms with Crippen molar-refractivity contribution in [3.63, 3.8) is 0 Å². The van der Waals surface area contributed by atoms with Gasteiger partial charge in [-0.1, -0.05) is 0 Å². The Balaban J connectivity index is 0.00000225. The molecule has 4 nitrogen and oxygen atoms in total. The topological polar surface area (TPSA) is 48.1 Å². The van der Waals surface area contributed by atoms with Crippen molar-refractivity contribution in [3.8, 4) is 0 Å². The van der Waals surface area contributed by atoms with E-state index in [0.29, 0.717) is 12.2 Å². The summed E-state index contributed by atoms with van der Waals surface area (Å²) in [5.41, 5.74) is 2.73. The molecule has 1 heterocycles. The fraction of sp³-hybridized carbons (Fsp3) is 0.545. The molecule has 16 heavy (non-hydrogen) atoms. The van der Waals surface area contributed by atoms with Gasteiger partial charge in [0.1, 0.15) is 5.69 Å². The lowest BCUT2D eigenvalue weighted by Crippen LogP contribution is -2.33. The highest BCUT2D eigenvalue weighted by molar-refractivity contribution is 5.93. The second-order valence-corrected chi connectivity index (χ2v) is 3.84. The van der Waals surface area contributed by atoms with E-state index in [1.165, 1.54) is 0 Å². The molecule has 1 amide bonds. The first kappa shape index (κ1) is 15.0. The molecule has 0 aromatic carbocycles. The minimum atomic E-state index is 0. The number of hydrogen-bond donors (Lipinski definition) is 2. The van der Waals surface area contributed by atoms with E-state index in [4.69, 9.17) is 0 Å². The summed E-state index contributed by atoms with van der Waals surface area (Å²) in [6.07, 6.45) is 0. The van der Waals surface area contributed by atoms with Crippen molar-refractivity contribution in [2.75, 3.05) is 27.2 Å². The van der Waals surface area contributed by atoms with Gasteiger partial charge in [0, 0.05) is 25.8 Å². The number of likely N-dealkylation sites (N-methyl/N-ethyl adjacent to an activating group) is 2. The third-order valence-electron chi connectivity index (χ3n) is 2.41. The average molecular weight is 246 g/mol. The number of amides is 1. The molecule has 0 spiro atoms. The maximum Gasteiger partial charge on any atom is 0.270 e. The van der Waals surface area contributed by atoms with Crippen molar-refractivity contribution >= 4 is 18.3 Å². The Kier molecular flexibility index (Phi) is 6.14. The standard InChI is InChI=1S/C11H19N3O.ClH/c1-8-7-9(2)13-10(8)11(15)14(4)6-5-12-3;/h7,12-13H,5-6H2,1-4H3;1H. The highest BCUT2D eigenvalue weighted by atomic mass is 35.5. The van der Waals surface area contributed by atoms with Crippen LogP contribution in [0.15, 0.2) is 6.07 Å². The van der Waals surface area contributed by atoms with Gasteiger partial charge in [-0.3, -0.25) is 4.79 Å². The lowest BCUT2D eigenvalue weighted by molar-refractivity contribution is 0.0791. The van der Waals surface area contributed by atoms with Gasteiger partial charge in [-0.15, -0.1) is 12.4 Å². The molecular weight excluding hydrogens is 226 g/mol. The highest BCUT2D eigenvalue weighted by Gasteiger charge is 2.15. The first-order valence-electron chi connectivity index (χ1n) is 5.12. The van der Waals surface area contributed by atoms with E-state index in [2.05, 4.69) is 10.3 Å². The van der Waals surface area contributed by atoms with E-state index >= 15 is 0 Å². The van der Waals surface area contributed by atoms with E-state index in [9.17, 15) is 4.79 Å². The molecule has 0 atom stereocenters. The Morgan fingerprint density at radius 1 is 1.50 bits per heavy atom. The third kappa shape index (κ3) is 3.54. The number of carbonyl (C=O) groups excluding carboxylic acids is 1. The minimum absolute atomic E-state index is 0. The van der Waals surface area contributed by atoms with Crippen molar-refractivity contribution in [2.24, 2.45) is 0 Å². The maximum absolute atomic E-state index is 12.0.